The molecule has 0 aliphatic heterocycles. The highest BCUT2D eigenvalue weighted by molar-refractivity contribution is 7.15. The van der Waals surface area contributed by atoms with Gasteiger partial charge in [0.15, 0.2) is 0 Å². The van der Waals surface area contributed by atoms with Crippen molar-refractivity contribution >= 4 is 23.0 Å². The van der Waals surface area contributed by atoms with Crippen LogP contribution in [0.2, 0.25) is 0 Å². The molecule has 29 heavy (non-hydrogen) atoms. The quantitative estimate of drug-likeness (QED) is 0.591. The summed E-state index contributed by atoms with van der Waals surface area (Å²) in [5.74, 6) is 0.583. The SMILES string of the molecule is Cc1cc(Nc2nc(C)cc(C)n2)cc(-c2cnc([C@]3(O)CC[C@@H](O)CC3)s2)c1. The van der Waals surface area contributed by atoms with Gasteiger partial charge in [-0.3, -0.25) is 0 Å². The summed E-state index contributed by atoms with van der Waals surface area (Å²) in [5, 5.41) is 24.8. The Bertz CT molecular complexity index is 1010. The van der Waals surface area contributed by atoms with Gasteiger partial charge in [0.2, 0.25) is 5.95 Å². The van der Waals surface area contributed by atoms with Crippen LogP contribution in [0.4, 0.5) is 11.6 Å². The maximum Gasteiger partial charge on any atom is 0.227 e. The number of hydrogen-bond acceptors (Lipinski definition) is 7. The van der Waals surface area contributed by atoms with Gasteiger partial charge in [-0.15, -0.1) is 11.3 Å². The van der Waals surface area contributed by atoms with Crippen molar-refractivity contribution in [1.29, 1.82) is 0 Å². The Balaban J connectivity index is 1.60. The number of aromatic nitrogens is 3. The Morgan fingerprint density at radius 2 is 1.72 bits per heavy atom. The molecule has 0 amide bonds. The van der Waals surface area contributed by atoms with Crippen LogP contribution in [0.25, 0.3) is 10.4 Å². The smallest absolute Gasteiger partial charge is 0.227 e. The van der Waals surface area contributed by atoms with Crippen molar-refractivity contribution in [2.45, 2.75) is 58.2 Å². The highest BCUT2D eigenvalue weighted by atomic mass is 32.1. The minimum atomic E-state index is -0.931. The van der Waals surface area contributed by atoms with Crippen LogP contribution in [0.3, 0.4) is 0 Å². The van der Waals surface area contributed by atoms with Crippen LogP contribution in [0.1, 0.15) is 47.6 Å². The molecule has 3 N–H and O–H groups in total. The number of benzene rings is 1. The Labute approximate surface area is 174 Å². The molecule has 1 saturated carbocycles. The molecule has 7 heteroatoms. The monoisotopic (exact) mass is 410 g/mol. The number of aliphatic hydroxyl groups excluding tert-OH is 1. The van der Waals surface area contributed by atoms with Gasteiger partial charge in [-0.05, 0) is 75.8 Å². The van der Waals surface area contributed by atoms with Gasteiger partial charge >= 0.3 is 0 Å². The number of rotatable bonds is 4. The van der Waals surface area contributed by atoms with E-state index in [9.17, 15) is 10.2 Å². The zero-order valence-corrected chi connectivity index (χ0v) is 17.8. The predicted molar refractivity (Wildman–Crippen MR) is 115 cm³/mol. The van der Waals surface area contributed by atoms with Gasteiger partial charge in [-0.25, -0.2) is 15.0 Å². The van der Waals surface area contributed by atoms with Crippen molar-refractivity contribution in [1.82, 2.24) is 15.0 Å². The first kappa shape index (κ1) is 19.9. The van der Waals surface area contributed by atoms with Gasteiger partial charge < -0.3 is 15.5 Å². The lowest BCUT2D eigenvalue weighted by Gasteiger charge is -2.32. The van der Waals surface area contributed by atoms with Crippen molar-refractivity contribution in [3.63, 3.8) is 0 Å². The first-order valence-corrected chi connectivity index (χ1v) is 10.7. The summed E-state index contributed by atoms with van der Waals surface area (Å²) in [6, 6.07) is 8.17. The minimum absolute atomic E-state index is 0.312. The van der Waals surface area contributed by atoms with Crippen LogP contribution < -0.4 is 5.32 Å². The van der Waals surface area contributed by atoms with Crippen LogP contribution >= 0.6 is 11.3 Å². The van der Waals surface area contributed by atoms with E-state index in [1.54, 1.807) is 0 Å². The molecule has 1 fully saturated rings. The third kappa shape index (κ3) is 4.47. The van der Waals surface area contributed by atoms with E-state index in [-0.39, 0.29) is 6.10 Å². The number of nitrogens with zero attached hydrogens (tertiary/aromatic N) is 3. The molecule has 1 aliphatic rings. The van der Waals surface area contributed by atoms with Gasteiger partial charge in [0.25, 0.3) is 0 Å². The maximum absolute atomic E-state index is 11.0. The van der Waals surface area contributed by atoms with Crippen LogP contribution in [0, 0.1) is 20.8 Å². The van der Waals surface area contributed by atoms with E-state index in [0.717, 1.165) is 38.1 Å². The third-order valence-corrected chi connectivity index (χ3v) is 6.53. The Kier molecular flexibility index (Phi) is 5.38. The lowest BCUT2D eigenvalue weighted by molar-refractivity contribution is -0.0362. The van der Waals surface area contributed by atoms with Gasteiger partial charge in [0.05, 0.1) is 11.0 Å². The van der Waals surface area contributed by atoms with Crippen LogP contribution in [0.5, 0.6) is 0 Å². The zero-order chi connectivity index (χ0) is 20.6. The highest BCUT2D eigenvalue weighted by Gasteiger charge is 2.36. The predicted octanol–water partition coefficient (Wildman–Crippen LogP) is 4.39. The average Bonchev–Trinajstić information content (AvgIpc) is 3.14. The average molecular weight is 411 g/mol. The van der Waals surface area contributed by atoms with E-state index in [2.05, 4.69) is 45.4 Å². The van der Waals surface area contributed by atoms with Crippen LogP contribution in [-0.4, -0.2) is 31.3 Å². The number of thiazole rings is 1. The molecule has 2 heterocycles. The van der Waals surface area contributed by atoms with Gasteiger partial charge in [0.1, 0.15) is 10.6 Å². The molecule has 0 atom stereocenters. The van der Waals surface area contributed by atoms with E-state index in [1.807, 2.05) is 26.1 Å². The molecule has 4 rings (SSSR count). The molecule has 1 aliphatic carbocycles. The summed E-state index contributed by atoms with van der Waals surface area (Å²) in [5.41, 5.74) is 3.99. The second kappa shape index (κ2) is 7.82. The van der Waals surface area contributed by atoms with Crippen molar-refractivity contribution in [3.05, 3.63) is 52.4 Å². The van der Waals surface area contributed by atoms with Gasteiger partial charge in [-0.2, -0.15) is 0 Å². The fraction of sp³-hybridized carbons (Fsp3) is 0.409. The van der Waals surface area contributed by atoms with Crippen molar-refractivity contribution in [2.75, 3.05) is 5.32 Å². The molecule has 2 aromatic heterocycles. The molecular weight excluding hydrogens is 384 g/mol. The van der Waals surface area contributed by atoms with E-state index >= 15 is 0 Å². The minimum Gasteiger partial charge on any atom is -0.393 e. The molecule has 3 aromatic rings. The molecule has 0 saturated heterocycles. The topological polar surface area (TPSA) is 91.2 Å². The van der Waals surface area contributed by atoms with E-state index in [4.69, 9.17) is 0 Å². The lowest BCUT2D eigenvalue weighted by atomic mass is 9.84. The van der Waals surface area contributed by atoms with Crippen molar-refractivity contribution in [2.24, 2.45) is 0 Å². The second-order valence-electron chi connectivity index (χ2n) is 7.98. The Morgan fingerprint density at radius 1 is 1.03 bits per heavy atom. The van der Waals surface area contributed by atoms with Crippen LogP contribution in [-0.2, 0) is 5.60 Å². The van der Waals surface area contributed by atoms with Gasteiger partial charge in [-0.1, -0.05) is 6.07 Å². The van der Waals surface area contributed by atoms with Crippen molar-refractivity contribution < 1.29 is 10.2 Å². The summed E-state index contributed by atoms with van der Waals surface area (Å²) in [7, 11) is 0. The van der Waals surface area contributed by atoms with E-state index in [0.29, 0.717) is 31.6 Å². The number of hydrogen-bond donors (Lipinski definition) is 3. The molecule has 6 nitrogen and oxygen atoms in total. The number of nitrogens with one attached hydrogen (secondary N) is 1. The first-order valence-electron chi connectivity index (χ1n) is 9.89. The molecule has 0 bridgehead atoms. The third-order valence-electron chi connectivity index (χ3n) is 5.29. The molecule has 1 aromatic carbocycles. The summed E-state index contributed by atoms with van der Waals surface area (Å²) in [6.45, 7) is 5.96. The largest absolute Gasteiger partial charge is 0.393 e. The van der Waals surface area contributed by atoms with Crippen LogP contribution in [0.15, 0.2) is 30.5 Å². The van der Waals surface area contributed by atoms with Gasteiger partial charge in [0, 0.05) is 23.3 Å². The summed E-state index contributed by atoms with van der Waals surface area (Å²) in [4.78, 5) is 14.4. The van der Waals surface area contributed by atoms with E-state index < -0.39 is 5.60 Å². The summed E-state index contributed by atoms with van der Waals surface area (Å²) < 4.78 is 0. The molecular formula is C22H26N4O2S. The van der Waals surface area contributed by atoms with Crippen molar-refractivity contribution in [3.8, 4) is 10.4 Å². The normalized spacial score (nSPS) is 21.9. The number of aryl methyl sites for hydroxylation is 3. The summed E-state index contributed by atoms with van der Waals surface area (Å²) >= 11 is 1.52. The standard InChI is InChI=1S/C22H26N4O2S/c1-13-8-16(11-17(9-13)26-21-24-14(2)10-15(3)25-21)19-12-23-20(29-19)22(28)6-4-18(27)5-7-22/h8-12,18,27-28H,4-7H2,1-3H3,(H,24,25,26)/t18-,22+. The summed E-state index contributed by atoms with van der Waals surface area (Å²) in [6.07, 6.45) is 3.83. The molecule has 0 spiro atoms. The molecule has 0 unspecified atom stereocenters. The Hall–Kier alpha value is -2.35. The lowest BCUT2D eigenvalue weighted by Crippen LogP contribution is -2.33. The maximum atomic E-state index is 11.0. The zero-order valence-electron chi connectivity index (χ0n) is 16.9. The Morgan fingerprint density at radius 3 is 2.41 bits per heavy atom. The molecule has 0 radical (unpaired) electrons. The van der Waals surface area contributed by atoms with E-state index in [1.165, 1.54) is 11.3 Å². The number of aliphatic hydroxyl groups is 2. The first-order chi connectivity index (χ1) is 13.8. The molecule has 152 valence electrons. The number of anilines is 2. The fourth-order valence-electron chi connectivity index (χ4n) is 3.83. The second-order valence-corrected chi connectivity index (χ2v) is 9.01. The highest BCUT2D eigenvalue weighted by Crippen LogP contribution is 2.41. The fourth-order valence-corrected chi connectivity index (χ4v) is 4.87.